The van der Waals surface area contributed by atoms with E-state index in [1.54, 1.807) is 48.5 Å². The number of hydrogen-bond donors (Lipinski definition) is 0. The Labute approximate surface area is 136 Å². The highest BCUT2D eigenvalue weighted by molar-refractivity contribution is 5.94. The van der Waals surface area contributed by atoms with Crippen molar-refractivity contribution in [2.24, 2.45) is 0 Å². The second-order valence-electron chi connectivity index (χ2n) is 5.40. The zero-order valence-electron chi connectivity index (χ0n) is 13.5. The van der Waals surface area contributed by atoms with Gasteiger partial charge in [0.1, 0.15) is 24.2 Å². The fraction of sp³-hybridized carbons (Fsp3) is 0.263. The van der Waals surface area contributed by atoms with Gasteiger partial charge in [-0.05, 0) is 69.3 Å². The van der Waals surface area contributed by atoms with Gasteiger partial charge in [-0.15, -0.1) is 0 Å². The Morgan fingerprint density at radius 2 is 1.26 bits per heavy atom. The number of rotatable bonds is 7. The Bertz CT molecular complexity index is 672. The summed E-state index contributed by atoms with van der Waals surface area (Å²) in [5, 5.41) is 0. The molecule has 0 saturated heterocycles. The van der Waals surface area contributed by atoms with Crippen molar-refractivity contribution >= 4 is 11.6 Å². The van der Waals surface area contributed by atoms with Gasteiger partial charge in [-0.25, -0.2) is 0 Å². The van der Waals surface area contributed by atoms with E-state index in [1.165, 1.54) is 13.8 Å². The summed E-state index contributed by atoms with van der Waals surface area (Å²) in [5.41, 5.74) is 1.32. The van der Waals surface area contributed by atoms with E-state index >= 15 is 0 Å². The lowest BCUT2D eigenvalue weighted by molar-refractivity contribution is 0.100. The molecular weight excluding hydrogens is 292 g/mol. The Morgan fingerprint density at radius 3 is 1.70 bits per heavy atom. The molecule has 0 saturated carbocycles. The zero-order chi connectivity index (χ0) is 16.8. The van der Waals surface area contributed by atoms with E-state index in [0.29, 0.717) is 29.2 Å². The van der Waals surface area contributed by atoms with Crippen LogP contribution in [0.25, 0.3) is 0 Å². The van der Waals surface area contributed by atoms with Crippen LogP contribution in [0.5, 0.6) is 11.5 Å². The number of carbonyl (C=O) groups is 2. The monoisotopic (exact) mass is 312 g/mol. The maximum atomic E-state index is 11.2. The molecule has 1 unspecified atom stereocenters. The number of ketones is 2. The molecule has 0 bridgehead atoms. The van der Waals surface area contributed by atoms with Crippen LogP contribution in [0.1, 0.15) is 41.5 Å². The molecule has 0 spiro atoms. The minimum atomic E-state index is -0.148. The molecule has 2 aromatic rings. The fourth-order valence-corrected chi connectivity index (χ4v) is 2.03. The summed E-state index contributed by atoms with van der Waals surface area (Å²) < 4.78 is 11.4. The van der Waals surface area contributed by atoms with Crippen molar-refractivity contribution in [3.8, 4) is 11.5 Å². The van der Waals surface area contributed by atoms with Crippen LogP contribution in [0.2, 0.25) is 0 Å². The van der Waals surface area contributed by atoms with Gasteiger partial charge in [0.25, 0.3) is 0 Å². The van der Waals surface area contributed by atoms with Crippen LogP contribution >= 0.6 is 0 Å². The lowest BCUT2D eigenvalue weighted by Gasteiger charge is -2.16. The van der Waals surface area contributed by atoms with E-state index in [4.69, 9.17) is 9.47 Å². The second-order valence-corrected chi connectivity index (χ2v) is 5.40. The third kappa shape index (κ3) is 4.95. The molecule has 1 atom stereocenters. The number of ether oxygens (including phenoxy) is 2. The number of carbonyl (C=O) groups excluding carboxylic acids is 2. The maximum absolute atomic E-state index is 11.2. The first-order valence-corrected chi connectivity index (χ1v) is 7.47. The lowest BCUT2D eigenvalue weighted by atomic mass is 10.1. The molecule has 2 rings (SSSR count). The molecule has 0 heterocycles. The second kappa shape index (κ2) is 7.58. The zero-order valence-corrected chi connectivity index (χ0v) is 13.5. The fourth-order valence-electron chi connectivity index (χ4n) is 2.03. The molecule has 0 aliphatic carbocycles. The molecule has 0 aliphatic rings. The Kier molecular flexibility index (Phi) is 5.52. The van der Waals surface area contributed by atoms with Crippen molar-refractivity contribution < 1.29 is 19.1 Å². The molecule has 120 valence electrons. The highest BCUT2D eigenvalue weighted by Gasteiger charge is 2.07. The van der Waals surface area contributed by atoms with Gasteiger partial charge in [-0.3, -0.25) is 9.59 Å². The average Bonchev–Trinajstić information content (AvgIpc) is 2.54. The van der Waals surface area contributed by atoms with Crippen molar-refractivity contribution in [3.63, 3.8) is 0 Å². The van der Waals surface area contributed by atoms with Gasteiger partial charge in [0.15, 0.2) is 11.6 Å². The smallest absolute Gasteiger partial charge is 0.159 e. The summed E-state index contributed by atoms with van der Waals surface area (Å²) in [6, 6.07) is 14.0. The highest BCUT2D eigenvalue weighted by Crippen LogP contribution is 2.16. The number of benzene rings is 2. The molecule has 4 nitrogen and oxygen atoms in total. The van der Waals surface area contributed by atoms with Crippen LogP contribution in [0.3, 0.4) is 0 Å². The summed E-state index contributed by atoms with van der Waals surface area (Å²) in [4.78, 5) is 22.4. The highest BCUT2D eigenvalue weighted by atomic mass is 16.5. The molecule has 23 heavy (non-hydrogen) atoms. The van der Waals surface area contributed by atoms with Gasteiger partial charge in [-0.2, -0.15) is 0 Å². The van der Waals surface area contributed by atoms with Crippen LogP contribution < -0.4 is 9.47 Å². The van der Waals surface area contributed by atoms with Crippen molar-refractivity contribution in [3.05, 3.63) is 59.7 Å². The van der Waals surface area contributed by atoms with E-state index in [9.17, 15) is 9.59 Å². The first-order valence-electron chi connectivity index (χ1n) is 7.47. The molecule has 0 radical (unpaired) electrons. The minimum absolute atomic E-state index is 0.0296. The Balaban J connectivity index is 1.85. The van der Waals surface area contributed by atoms with Crippen LogP contribution in [0, 0.1) is 0 Å². The van der Waals surface area contributed by atoms with Gasteiger partial charge >= 0.3 is 0 Å². The Morgan fingerprint density at radius 1 is 0.826 bits per heavy atom. The quantitative estimate of drug-likeness (QED) is 0.727. The lowest BCUT2D eigenvalue weighted by Crippen LogP contribution is -2.21. The van der Waals surface area contributed by atoms with E-state index in [-0.39, 0.29) is 17.7 Å². The van der Waals surface area contributed by atoms with Gasteiger partial charge in [-0.1, -0.05) is 0 Å². The van der Waals surface area contributed by atoms with Crippen molar-refractivity contribution in [2.45, 2.75) is 26.9 Å². The topological polar surface area (TPSA) is 52.6 Å². The molecule has 2 aromatic carbocycles. The summed E-state index contributed by atoms with van der Waals surface area (Å²) in [5.74, 6) is 1.44. The molecule has 0 fully saturated rings. The normalized spacial score (nSPS) is 11.6. The molecular formula is C19H20O4. The third-order valence-electron chi connectivity index (χ3n) is 3.34. The molecule has 0 N–H and O–H groups in total. The number of Topliss-reactive ketones (excluding diaryl/α,β-unsaturated/α-hetero) is 2. The van der Waals surface area contributed by atoms with Crippen molar-refractivity contribution in [1.29, 1.82) is 0 Å². The predicted molar refractivity (Wildman–Crippen MR) is 88.5 cm³/mol. The van der Waals surface area contributed by atoms with Crippen molar-refractivity contribution in [1.82, 2.24) is 0 Å². The summed E-state index contributed by atoms with van der Waals surface area (Å²) in [7, 11) is 0. The predicted octanol–water partition coefficient (Wildman–Crippen LogP) is 3.94. The third-order valence-corrected chi connectivity index (χ3v) is 3.34. The van der Waals surface area contributed by atoms with Crippen LogP contribution in [0.4, 0.5) is 0 Å². The van der Waals surface area contributed by atoms with Gasteiger partial charge in [0.05, 0.1) is 0 Å². The first kappa shape index (κ1) is 16.7. The SMILES string of the molecule is CC(=O)c1ccc(OCC(C)Oc2ccc(C(C)=O)cc2)cc1. The standard InChI is InChI=1S/C19H20O4/c1-13(23-19-10-6-17(7-11-19)15(3)21)12-22-18-8-4-16(5-9-18)14(2)20/h4-11,13H,12H2,1-3H3. The number of hydrogen-bond acceptors (Lipinski definition) is 4. The van der Waals surface area contributed by atoms with E-state index in [1.807, 2.05) is 6.92 Å². The van der Waals surface area contributed by atoms with Crippen LogP contribution in [-0.2, 0) is 0 Å². The van der Waals surface area contributed by atoms with E-state index in [0.717, 1.165) is 0 Å². The molecule has 0 aliphatic heterocycles. The van der Waals surface area contributed by atoms with Gasteiger partial charge in [0.2, 0.25) is 0 Å². The van der Waals surface area contributed by atoms with E-state index in [2.05, 4.69) is 0 Å². The summed E-state index contributed by atoms with van der Waals surface area (Å²) in [6.07, 6.45) is -0.148. The molecule has 4 heteroatoms. The maximum Gasteiger partial charge on any atom is 0.159 e. The van der Waals surface area contributed by atoms with Crippen LogP contribution in [0.15, 0.2) is 48.5 Å². The largest absolute Gasteiger partial charge is 0.490 e. The van der Waals surface area contributed by atoms with Gasteiger partial charge in [0, 0.05) is 11.1 Å². The Hall–Kier alpha value is -2.62. The summed E-state index contributed by atoms with van der Waals surface area (Å²) >= 11 is 0. The van der Waals surface area contributed by atoms with Crippen molar-refractivity contribution in [2.75, 3.05) is 6.61 Å². The van der Waals surface area contributed by atoms with E-state index < -0.39 is 0 Å². The van der Waals surface area contributed by atoms with Gasteiger partial charge < -0.3 is 9.47 Å². The summed E-state index contributed by atoms with van der Waals surface area (Å²) in [6.45, 7) is 5.35. The molecule has 0 aromatic heterocycles. The molecule has 0 amide bonds. The van der Waals surface area contributed by atoms with Crippen LogP contribution in [-0.4, -0.2) is 24.3 Å². The minimum Gasteiger partial charge on any atom is -0.490 e. The average molecular weight is 312 g/mol. The first-order chi connectivity index (χ1) is 11.0.